The average molecular weight is 344 g/mol. The van der Waals surface area contributed by atoms with Gasteiger partial charge in [0.1, 0.15) is 12.1 Å². The number of nitrogens with zero attached hydrogens (tertiary/aromatic N) is 2. The molecule has 0 saturated carbocycles. The molecule has 116 valence electrons. The van der Waals surface area contributed by atoms with Gasteiger partial charge in [-0.1, -0.05) is 12.1 Å². The van der Waals surface area contributed by atoms with Gasteiger partial charge in [0.2, 0.25) is 9.84 Å². The Kier molecular flexibility index (Phi) is 4.97. The lowest BCUT2D eigenvalue weighted by Crippen LogP contribution is -2.06. The Morgan fingerprint density at radius 1 is 1.13 bits per heavy atom. The van der Waals surface area contributed by atoms with Gasteiger partial charge >= 0.3 is 0 Å². The molecule has 0 saturated heterocycles. The van der Waals surface area contributed by atoms with Crippen molar-refractivity contribution in [2.75, 3.05) is 7.11 Å². The van der Waals surface area contributed by atoms with Gasteiger partial charge in [-0.25, -0.2) is 8.42 Å². The van der Waals surface area contributed by atoms with Crippen molar-refractivity contribution in [2.24, 2.45) is 0 Å². The number of sulfone groups is 1. The summed E-state index contributed by atoms with van der Waals surface area (Å²) >= 11 is 0. The van der Waals surface area contributed by atoms with Gasteiger partial charge in [0, 0.05) is 4.90 Å². The molecule has 0 amide bonds. The number of benzene rings is 2. The zero-order valence-electron chi connectivity index (χ0n) is 12.2. The van der Waals surface area contributed by atoms with E-state index in [9.17, 15) is 13.7 Å². The molecule has 2 rings (SSSR count). The fraction of sp³-hybridized carbons (Fsp3) is 0.0625. The molecule has 23 heavy (non-hydrogen) atoms. The summed E-state index contributed by atoms with van der Waals surface area (Å²) in [6.07, 6.45) is 0. The van der Waals surface area contributed by atoms with Crippen LogP contribution in [-0.4, -0.2) is 21.4 Å². The molecule has 1 atom stereocenters. The van der Waals surface area contributed by atoms with Gasteiger partial charge in [0.05, 0.1) is 28.0 Å². The maximum absolute atomic E-state index is 12.8. The second kappa shape index (κ2) is 6.76. The summed E-state index contributed by atoms with van der Waals surface area (Å²) in [7, 11) is -3.23. The van der Waals surface area contributed by atoms with Gasteiger partial charge in [0.15, 0.2) is 0 Å². The topological polar surface area (TPSA) is 90.9 Å². The van der Waals surface area contributed by atoms with Crippen LogP contribution in [0.4, 0.5) is 0 Å². The Balaban J connectivity index is 2.68. The van der Waals surface area contributed by atoms with Gasteiger partial charge < -0.3 is 4.18 Å². The molecular formula is C16H12N2O3S2. The molecule has 0 heterocycles. The first-order valence-corrected chi connectivity index (χ1v) is 9.12. The molecular weight excluding hydrogens is 332 g/mol. The van der Waals surface area contributed by atoms with Crippen molar-refractivity contribution >= 4 is 26.5 Å². The average Bonchev–Trinajstić information content (AvgIpc) is 2.60. The van der Waals surface area contributed by atoms with Crippen LogP contribution in [0.1, 0.15) is 11.1 Å². The molecule has 0 aliphatic heterocycles. The molecule has 7 heteroatoms. The normalized spacial score (nSPS) is 12.1. The molecule has 0 aliphatic rings. The minimum atomic E-state index is -3.93. The summed E-state index contributed by atoms with van der Waals surface area (Å²) < 4.78 is 30.8. The monoisotopic (exact) mass is 344 g/mol. The zero-order chi connectivity index (χ0) is 17.0. The zero-order valence-corrected chi connectivity index (χ0v) is 13.8. The number of nitriles is 2. The van der Waals surface area contributed by atoms with E-state index in [1.165, 1.54) is 37.4 Å². The quantitative estimate of drug-likeness (QED) is 0.795. The molecule has 0 aliphatic carbocycles. The van der Waals surface area contributed by atoms with Gasteiger partial charge in [-0.2, -0.15) is 10.5 Å². The highest BCUT2D eigenvalue weighted by atomic mass is 32.2. The molecule has 0 fully saturated rings. The van der Waals surface area contributed by atoms with Crippen molar-refractivity contribution in [3.05, 3.63) is 53.6 Å². The predicted molar refractivity (Wildman–Crippen MR) is 87.8 cm³/mol. The maximum Gasteiger partial charge on any atom is 0.207 e. The van der Waals surface area contributed by atoms with Gasteiger partial charge in [0.25, 0.3) is 0 Å². The van der Waals surface area contributed by atoms with Crippen LogP contribution in [0, 0.1) is 22.7 Å². The second-order valence-electron chi connectivity index (χ2n) is 4.39. The van der Waals surface area contributed by atoms with Crippen LogP contribution in [0.25, 0.3) is 0 Å². The largest absolute Gasteiger partial charge is 0.322 e. The van der Waals surface area contributed by atoms with Crippen molar-refractivity contribution in [1.29, 1.82) is 10.5 Å². The van der Waals surface area contributed by atoms with E-state index in [2.05, 4.69) is 5.87 Å². The van der Waals surface area contributed by atoms with Gasteiger partial charge in [-0.15, -0.1) is 0 Å². The Morgan fingerprint density at radius 2 is 1.83 bits per heavy atom. The van der Waals surface area contributed by atoms with Crippen LogP contribution in [-0.2, 0) is 14.0 Å². The van der Waals surface area contributed by atoms with Crippen molar-refractivity contribution in [3.63, 3.8) is 0 Å². The smallest absolute Gasteiger partial charge is 0.207 e. The van der Waals surface area contributed by atoms with E-state index in [1.54, 1.807) is 18.2 Å². The van der Waals surface area contributed by atoms with E-state index >= 15 is 0 Å². The maximum atomic E-state index is 12.8. The first-order valence-electron chi connectivity index (χ1n) is 6.32. The van der Waals surface area contributed by atoms with E-state index in [0.29, 0.717) is 4.90 Å². The lowest BCUT2D eigenvalue weighted by molar-refractivity contribution is 0.487. The Morgan fingerprint density at radius 3 is 2.43 bits per heavy atom. The summed E-state index contributed by atoms with van der Waals surface area (Å²) in [5.41, 5.74) is -0.126. The molecule has 0 aromatic heterocycles. The molecule has 0 bridgehead atoms. The Labute approximate surface area is 137 Å². The van der Waals surface area contributed by atoms with Crippen LogP contribution in [0.3, 0.4) is 0 Å². The molecule has 0 spiro atoms. The highest BCUT2D eigenvalue weighted by Crippen LogP contribution is 2.30. The van der Waals surface area contributed by atoms with Crippen molar-refractivity contribution in [2.45, 2.75) is 14.7 Å². The Hall–Kier alpha value is -2.45. The summed E-state index contributed by atoms with van der Waals surface area (Å²) in [5, 5.41) is 18.3. The van der Waals surface area contributed by atoms with Crippen LogP contribution in [0.2, 0.25) is 0 Å². The molecule has 0 radical (unpaired) electrons. The van der Waals surface area contributed by atoms with Crippen LogP contribution in [0.15, 0.2) is 57.2 Å². The molecule has 2 aromatic rings. The Bertz CT molecular complexity index is 968. The lowest BCUT2D eigenvalue weighted by Gasteiger charge is -2.10. The van der Waals surface area contributed by atoms with Crippen LogP contribution in [0.5, 0.6) is 0 Å². The highest BCUT2D eigenvalue weighted by Gasteiger charge is 2.23. The summed E-state index contributed by atoms with van der Waals surface area (Å²) in [6, 6.07) is 14.0. The first kappa shape index (κ1) is 16.9. The van der Waals surface area contributed by atoms with E-state index < -0.39 is 20.6 Å². The van der Waals surface area contributed by atoms with Crippen LogP contribution >= 0.6 is 10.8 Å². The van der Waals surface area contributed by atoms with Gasteiger partial charge in [-0.3, -0.25) is 0 Å². The summed E-state index contributed by atoms with van der Waals surface area (Å²) in [5.74, 6) is 3.80. The molecule has 2 aromatic carbocycles. The lowest BCUT2D eigenvalue weighted by atomic mass is 10.1. The van der Waals surface area contributed by atoms with E-state index in [0.717, 1.165) is 0 Å². The summed E-state index contributed by atoms with van der Waals surface area (Å²) in [6.45, 7) is 0. The minimum Gasteiger partial charge on any atom is -0.322 e. The van der Waals surface area contributed by atoms with E-state index in [4.69, 9.17) is 9.44 Å². The van der Waals surface area contributed by atoms with Crippen molar-refractivity contribution in [1.82, 2.24) is 0 Å². The fourth-order valence-electron chi connectivity index (χ4n) is 1.97. The summed E-state index contributed by atoms with van der Waals surface area (Å²) in [4.78, 5) is 0.473. The fourth-order valence-corrected chi connectivity index (χ4v) is 4.20. The van der Waals surface area contributed by atoms with Crippen molar-refractivity contribution in [3.8, 4) is 12.1 Å². The molecule has 5 nitrogen and oxygen atoms in total. The first-order chi connectivity index (χ1) is 11.0. The number of hydrogen-bond acceptors (Lipinski definition) is 5. The van der Waals surface area contributed by atoms with Crippen molar-refractivity contribution < 1.29 is 12.6 Å². The SMILES string of the molecule is C=S(OC)c1cccc(S(=O)(=O)c2cccc(C#N)c2C#N)c1. The van der Waals surface area contributed by atoms with E-state index in [-0.39, 0.29) is 20.9 Å². The third-order valence-corrected chi connectivity index (χ3v) is 6.10. The molecule has 1 unspecified atom stereocenters. The third-order valence-electron chi connectivity index (χ3n) is 3.13. The number of hydrogen-bond donors (Lipinski definition) is 0. The third kappa shape index (κ3) is 3.17. The van der Waals surface area contributed by atoms with Gasteiger partial charge in [-0.05, 0) is 47.0 Å². The molecule has 0 N–H and O–H groups in total. The second-order valence-corrected chi connectivity index (χ2v) is 7.81. The van der Waals surface area contributed by atoms with E-state index in [1.807, 2.05) is 6.07 Å². The number of rotatable bonds is 4. The highest BCUT2D eigenvalue weighted by molar-refractivity contribution is 8.10. The predicted octanol–water partition coefficient (Wildman–Crippen LogP) is 2.88. The van der Waals surface area contributed by atoms with Crippen LogP contribution < -0.4 is 0 Å². The standard InChI is InChI=1S/C16H12N2O3S2/c1-21-22(2)13-6-4-7-14(9-13)23(19,20)16-8-3-5-12(10-17)15(16)11-18/h3-9H,2H2,1H3. The minimum absolute atomic E-state index is 0.0264.